The van der Waals surface area contributed by atoms with Gasteiger partial charge in [0.15, 0.2) is 17.2 Å². The number of amides is 1. The first kappa shape index (κ1) is 29.1. The monoisotopic (exact) mass is 689 g/mol. The first-order valence-corrected chi connectivity index (χ1v) is 15.7. The Hall–Kier alpha value is -3.39. The highest BCUT2D eigenvalue weighted by molar-refractivity contribution is 14.1. The second-order valence-corrected chi connectivity index (χ2v) is 13.9. The summed E-state index contributed by atoms with van der Waals surface area (Å²) in [6, 6.07) is 10.6. The molecule has 1 amide bonds. The lowest BCUT2D eigenvalue weighted by Gasteiger charge is -2.36. The van der Waals surface area contributed by atoms with E-state index in [1.165, 1.54) is 3.97 Å². The molecular formula is C29H32IN5O5S. The molecule has 10 nitrogen and oxygen atoms in total. The maximum Gasteiger partial charge on any atom is 0.410 e. The van der Waals surface area contributed by atoms with Crippen LogP contribution in [0.25, 0.3) is 22.2 Å². The molecule has 0 unspecified atom stereocenters. The number of pyridine rings is 2. The molecule has 216 valence electrons. The largest absolute Gasteiger partial charge is 0.493 e. The number of hydrogen-bond donors (Lipinski definition) is 0. The third kappa shape index (κ3) is 5.98. The normalized spacial score (nSPS) is 14.4. The van der Waals surface area contributed by atoms with E-state index in [0.717, 1.165) is 25.6 Å². The quantitative estimate of drug-likeness (QED) is 0.260. The minimum Gasteiger partial charge on any atom is -0.493 e. The molecule has 5 rings (SSSR count). The van der Waals surface area contributed by atoms with E-state index in [1.807, 2.05) is 39.8 Å². The summed E-state index contributed by atoms with van der Waals surface area (Å²) in [6.07, 6.45) is 4.68. The lowest BCUT2D eigenvalue weighted by atomic mass is 10.1. The molecule has 0 spiro atoms. The van der Waals surface area contributed by atoms with Gasteiger partial charge in [0.1, 0.15) is 5.60 Å². The van der Waals surface area contributed by atoms with Crippen LogP contribution >= 0.6 is 22.6 Å². The zero-order chi connectivity index (χ0) is 29.5. The number of anilines is 1. The molecular weight excluding hydrogens is 657 g/mol. The highest BCUT2D eigenvalue weighted by Gasteiger charge is 2.28. The van der Waals surface area contributed by atoms with Crippen molar-refractivity contribution in [3.63, 3.8) is 0 Å². The van der Waals surface area contributed by atoms with Crippen molar-refractivity contribution in [3.05, 3.63) is 64.1 Å². The molecule has 0 radical (unpaired) electrons. The predicted octanol–water partition coefficient (Wildman–Crippen LogP) is 5.31. The fraction of sp³-hybridized carbons (Fsp3) is 0.345. The van der Waals surface area contributed by atoms with Gasteiger partial charge < -0.3 is 19.3 Å². The number of benzene rings is 1. The van der Waals surface area contributed by atoms with Crippen LogP contribution in [0.2, 0.25) is 0 Å². The number of nitrogens with zero attached hydrogens (tertiary/aromatic N) is 5. The van der Waals surface area contributed by atoms with Gasteiger partial charge >= 0.3 is 6.09 Å². The molecule has 0 saturated carbocycles. The molecule has 0 bridgehead atoms. The molecule has 1 aliphatic rings. The number of ether oxygens (including phenoxy) is 2. The van der Waals surface area contributed by atoms with E-state index in [4.69, 9.17) is 14.5 Å². The van der Waals surface area contributed by atoms with Gasteiger partial charge in [-0.2, -0.15) is 0 Å². The number of hydrogen-bond acceptors (Lipinski definition) is 8. The van der Waals surface area contributed by atoms with E-state index in [2.05, 4.69) is 32.5 Å². The van der Waals surface area contributed by atoms with Gasteiger partial charge in [0, 0.05) is 64.9 Å². The summed E-state index contributed by atoms with van der Waals surface area (Å²) in [6.45, 7) is 9.70. The SMILES string of the molecule is COc1cc(-c2cnc3c(c2)c(I)cn3S(=O)(=O)c2ccc(C)cc2)cnc1N1CCN(C(=O)OC(C)(C)C)CC1. The Bertz CT molecular complexity index is 1710. The van der Waals surface area contributed by atoms with Crippen LogP contribution in [0.1, 0.15) is 26.3 Å². The van der Waals surface area contributed by atoms with Crippen molar-refractivity contribution >= 4 is 55.6 Å². The van der Waals surface area contributed by atoms with E-state index < -0.39 is 15.6 Å². The number of methoxy groups -OCH3 is 1. The standard InChI is InChI=1S/C29H32IN5O5S/c1-19-6-8-22(9-7-19)41(37,38)35-18-24(30)23-14-20(16-31-26(23)35)21-15-25(39-5)27(32-17-21)33-10-12-34(13-11-33)28(36)40-29(2,3)4/h6-9,14-18H,10-13H2,1-5H3. The Kier molecular flexibility index (Phi) is 7.90. The number of rotatable bonds is 5. The molecule has 3 aromatic heterocycles. The van der Waals surface area contributed by atoms with Gasteiger partial charge in [0.25, 0.3) is 10.0 Å². The van der Waals surface area contributed by atoms with E-state index >= 15 is 0 Å². The number of aromatic nitrogens is 3. The Morgan fingerprint density at radius 3 is 2.24 bits per heavy atom. The van der Waals surface area contributed by atoms with Gasteiger partial charge in [0.05, 0.1) is 12.0 Å². The highest BCUT2D eigenvalue weighted by Crippen LogP contribution is 2.34. The Morgan fingerprint density at radius 2 is 1.61 bits per heavy atom. The van der Waals surface area contributed by atoms with Crippen molar-refractivity contribution < 1.29 is 22.7 Å². The van der Waals surface area contributed by atoms with Crippen LogP contribution in [0, 0.1) is 10.5 Å². The summed E-state index contributed by atoms with van der Waals surface area (Å²) in [4.78, 5) is 25.7. The van der Waals surface area contributed by atoms with Crippen molar-refractivity contribution in [2.45, 2.75) is 38.2 Å². The summed E-state index contributed by atoms with van der Waals surface area (Å²) in [5.74, 6) is 1.29. The highest BCUT2D eigenvalue weighted by atomic mass is 127. The van der Waals surface area contributed by atoms with Crippen LogP contribution in [0.4, 0.5) is 10.6 Å². The van der Waals surface area contributed by atoms with Gasteiger partial charge in [-0.15, -0.1) is 0 Å². The van der Waals surface area contributed by atoms with Crippen molar-refractivity contribution in [1.82, 2.24) is 18.8 Å². The summed E-state index contributed by atoms with van der Waals surface area (Å²) in [5.41, 5.74) is 2.38. The molecule has 0 atom stereocenters. The van der Waals surface area contributed by atoms with Crippen LogP contribution in [-0.4, -0.2) is 72.2 Å². The fourth-order valence-corrected chi connectivity index (χ4v) is 6.81. The lowest BCUT2D eigenvalue weighted by molar-refractivity contribution is 0.0240. The first-order chi connectivity index (χ1) is 19.4. The number of halogens is 1. The van der Waals surface area contributed by atoms with Crippen LogP contribution in [-0.2, 0) is 14.8 Å². The Morgan fingerprint density at radius 1 is 0.976 bits per heavy atom. The Labute approximate surface area is 253 Å². The summed E-state index contributed by atoms with van der Waals surface area (Å²) in [7, 11) is -2.21. The zero-order valence-electron chi connectivity index (χ0n) is 23.6. The van der Waals surface area contributed by atoms with Gasteiger partial charge in [0.2, 0.25) is 0 Å². The van der Waals surface area contributed by atoms with Crippen LogP contribution in [0.3, 0.4) is 0 Å². The number of aryl methyl sites for hydroxylation is 1. The number of fused-ring (bicyclic) bond motifs is 1. The molecule has 4 aromatic rings. The maximum atomic E-state index is 13.4. The molecule has 0 N–H and O–H groups in total. The average molecular weight is 690 g/mol. The molecule has 0 aliphatic carbocycles. The molecule has 1 aliphatic heterocycles. The number of carbonyl (C=O) groups excluding carboxylic acids is 1. The fourth-order valence-electron chi connectivity index (χ4n) is 4.62. The van der Waals surface area contributed by atoms with Crippen molar-refractivity contribution in [2.24, 2.45) is 0 Å². The number of piperazine rings is 1. The van der Waals surface area contributed by atoms with Gasteiger partial charge in [-0.25, -0.2) is 27.2 Å². The minimum absolute atomic E-state index is 0.207. The van der Waals surface area contributed by atoms with E-state index in [-0.39, 0.29) is 11.0 Å². The third-order valence-corrected chi connectivity index (χ3v) is 9.28. The summed E-state index contributed by atoms with van der Waals surface area (Å²) >= 11 is 2.13. The summed E-state index contributed by atoms with van der Waals surface area (Å²) in [5, 5.41) is 0.722. The van der Waals surface area contributed by atoms with Crippen molar-refractivity contribution in [3.8, 4) is 16.9 Å². The molecule has 1 fully saturated rings. The van der Waals surface area contributed by atoms with Gasteiger partial charge in [-0.3, -0.25) is 0 Å². The molecule has 12 heteroatoms. The predicted molar refractivity (Wildman–Crippen MR) is 166 cm³/mol. The zero-order valence-corrected chi connectivity index (χ0v) is 26.6. The van der Waals surface area contributed by atoms with Crippen LogP contribution in [0.15, 0.2) is 59.9 Å². The first-order valence-electron chi connectivity index (χ1n) is 13.1. The minimum atomic E-state index is -3.81. The van der Waals surface area contributed by atoms with Gasteiger partial charge in [-0.1, -0.05) is 17.7 Å². The third-order valence-electron chi connectivity index (χ3n) is 6.76. The second-order valence-electron chi connectivity index (χ2n) is 10.9. The topological polar surface area (TPSA) is 107 Å². The Balaban J connectivity index is 1.39. The van der Waals surface area contributed by atoms with Gasteiger partial charge in [-0.05, 0) is 74.6 Å². The van der Waals surface area contributed by atoms with E-state index in [9.17, 15) is 13.2 Å². The average Bonchev–Trinajstić information content (AvgIpc) is 3.28. The summed E-state index contributed by atoms with van der Waals surface area (Å²) < 4.78 is 40.0. The maximum absolute atomic E-state index is 13.4. The molecule has 1 aromatic carbocycles. The lowest BCUT2D eigenvalue weighted by Crippen LogP contribution is -2.50. The van der Waals surface area contributed by atoms with E-state index in [1.54, 1.807) is 54.9 Å². The van der Waals surface area contributed by atoms with Crippen LogP contribution in [0.5, 0.6) is 5.75 Å². The van der Waals surface area contributed by atoms with Crippen molar-refractivity contribution in [2.75, 3.05) is 38.2 Å². The second kappa shape index (κ2) is 11.1. The molecule has 1 saturated heterocycles. The van der Waals surface area contributed by atoms with Crippen molar-refractivity contribution in [1.29, 1.82) is 0 Å². The molecule has 4 heterocycles. The van der Waals surface area contributed by atoms with Crippen LogP contribution < -0.4 is 9.64 Å². The smallest absolute Gasteiger partial charge is 0.410 e. The van der Waals surface area contributed by atoms with E-state index in [0.29, 0.717) is 43.4 Å². The molecule has 41 heavy (non-hydrogen) atoms. The number of carbonyl (C=O) groups is 1.